The minimum Gasteiger partial charge on any atom is -0.485 e. The summed E-state index contributed by atoms with van der Waals surface area (Å²) in [6, 6.07) is 2.27. The van der Waals surface area contributed by atoms with E-state index < -0.39 is 23.5 Å². The molecular formula is C14H18BrF2NO2. The number of piperidine rings is 1. The zero-order valence-electron chi connectivity index (χ0n) is 11.1. The fraction of sp³-hybridized carbons (Fsp3) is 0.571. The van der Waals surface area contributed by atoms with Gasteiger partial charge in [-0.05, 0) is 38.1 Å². The second-order valence-corrected chi connectivity index (χ2v) is 5.94. The molecule has 3 nitrogen and oxygen atoms in total. The molecule has 1 N–H and O–H groups in total. The molecule has 2 rings (SSSR count). The molecule has 1 aromatic rings. The van der Waals surface area contributed by atoms with Crippen molar-refractivity contribution in [1.82, 2.24) is 4.90 Å². The number of likely N-dealkylation sites (tertiary alicyclic amines) is 1. The van der Waals surface area contributed by atoms with Crippen LogP contribution in [0.3, 0.4) is 0 Å². The molecule has 0 amide bonds. The van der Waals surface area contributed by atoms with Crippen LogP contribution in [-0.2, 0) is 0 Å². The lowest BCUT2D eigenvalue weighted by atomic mass is 10.1. The molecule has 112 valence electrons. The number of ether oxygens (including phenoxy) is 1. The summed E-state index contributed by atoms with van der Waals surface area (Å²) in [6.45, 7) is 2.27. The molecule has 20 heavy (non-hydrogen) atoms. The lowest BCUT2D eigenvalue weighted by Crippen LogP contribution is -2.38. The minimum absolute atomic E-state index is 0.119. The summed E-state index contributed by atoms with van der Waals surface area (Å²) >= 11 is 3.00. The molecule has 0 radical (unpaired) electrons. The fourth-order valence-electron chi connectivity index (χ4n) is 2.34. The van der Waals surface area contributed by atoms with Crippen molar-refractivity contribution < 1.29 is 18.6 Å². The molecule has 1 saturated heterocycles. The average molecular weight is 350 g/mol. The maximum absolute atomic E-state index is 13.5. The standard InChI is InChI=1S/C14H18BrF2NO2/c15-10-6-12(16)14(13(17)7-10)20-9-11(19)8-18-4-2-1-3-5-18/h6-7,11,19H,1-5,8-9H2/t11-/m0/s1. The van der Waals surface area contributed by atoms with Crippen molar-refractivity contribution in [2.24, 2.45) is 0 Å². The van der Waals surface area contributed by atoms with Gasteiger partial charge >= 0.3 is 0 Å². The zero-order chi connectivity index (χ0) is 14.5. The summed E-state index contributed by atoms with van der Waals surface area (Å²) in [5, 5.41) is 9.88. The summed E-state index contributed by atoms with van der Waals surface area (Å²) in [5.74, 6) is -1.99. The first kappa shape index (κ1) is 15.7. The number of rotatable bonds is 5. The van der Waals surface area contributed by atoms with Gasteiger partial charge in [-0.1, -0.05) is 22.4 Å². The van der Waals surface area contributed by atoms with Gasteiger partial charge in [-0.15, -0.1) is 0 Å². The molecule has 0 spiro atoms. The molecule has 0 aliphatic carbocycles. The molecule has 1 heterocycles. The van der Waals surface area contributed by atoms with Crippen LogP contribution in [0.5, 0.6) is 5.75 Å². The highest BCUT2D eigenvalue weighted by Crippen LogP contribution is 2.26. The highest BCUT2D eigenvalue weighted by molar-refractivity contribution is 9.10. The molecule has 6 heteroatoms. The number of aliphatic hydroxyl groups excluding tert-OH is 1. The van der Waals surface area contributed by atoms with Crippen molar-refractivity contribution in [3.05, 3.63) is 28.2 Å². The smallest absolute Gasteiger partial charge is 0.190 e. The third-order valence-electron chi connectivity index (χ3n) is 3.30. The maximum Gasteiger partial charge on any atom is 0.190 e. The van der Waals surface area contributed by atoms with E-state index in [0.717, 1.165) is 38.1 Å². The Hall–Kier alpha value is -0.720. The maximum atomic E-state index is 13.5. The second kappa shape index (κ2) is 7.33. The van der Waals surface area contributed by atoms with E-state index in [0.29, 0.717) is 11.0 Å². The first-order valence-electron chi connectivity index (χ1n) is 6.74. The Morgan fingerprint density at radius 2 is 1.80 bits per heavy atom. The SMILES string of the molecule is O[C@H](COc1c(F)cc(Br)cc1F)CN1CCCCC1. The Morgan fingerprint density at radius 1 is 1.20 bits per heavy atom. The first-order valence-corrected chi connectivity index (χ1v) is 7.53. The van der Waals surface area contributed by atoms with Gasteiger partial charge in [0, 0.05) is 11.0 Å². The number of aliphatic hydroxyl groups is 1. The van der Waals surface area contributed by atoms with Gasteiger partial charge in [0.05, 0.1) is 0 Å². The Labute approximate surface area is 125 Å². The van der Waals surface area contributed by atoms with E-state index >= 15 is 0 Å². The van der Waals surface area contributed by atoms with Gasteiger partial charge in [-0.25, -0.2) is 8.78 Å². The lowest BCUT2D eigenvalue weighted by Gasteiger charge is -2.28. The predicted octanol–water partition coefficient (Wildman–Crippen LogP) is 2.95. The average Bonchev–Trinajstić information content (AvgIpc) is 2.38. The van der Waals surface area contributed by atoms with E-state index in [9.17, 15) is 13.9 Å². The quantitative estimate of drug-likeness (QED) is 0.886. The van der Waals surface area contributed by atoms with Gasteiger partial charge in [0.15, 0.2) is 17.4 Å². The van der Waals surface area contributed by atoms with Gasteiger partial charge in [0.2, 0.25) is 0 Å². The Morgan fingerprint density at radius 3 is 2.40 bits per heavy atom. The number of β-amino-alcohol motifs (C(OH)–C–C–N with tert-alkyl or cyclic N) is 1. The number of benzene rings is 1. The van der Waals surface area contributed by atoms with Crippen molar-refractivity contribution >= 4 is 15.9 Å². The highest BCUT2D eigenvalue weighted by atomic mass is 79.9. The summed E-state index contributed by atoms with van der Waals surface area (Å²) in [5.41, 5.74) is 0. The van der Waals surface area contributed by atoms with E-state index in [4.69, 9.17) is 4.74 Å². The summed E-state index contributed by atoms with van der Waals surface area (Å²) < 4.78 is 32.5. The minimum atomic E-state index is -0.776. The van der Waals surface area contributed by atoms with Crippen LogP contribution in [0.15, 0.2) is 16.6 Å². The molecule has 0 unspecified atom stereocenters. The molecule has 1 fully saturated rings. The van der Waals surface area contributed by atoms with Gasteiger partial charge in [0.25, 0.3) is 0 Å². The number of hydrogen-bond acceptors (Lipinski definition) is 3. The zero-order valence-corrected chi connectivity index (χ0v) is 12.7. The summed E-state index contributed by atoms with van der Waals surface area (Å²) in [4.78, 5) is 2.14. The molecule has 0 bridgehead atoms. The van der Waals surface area contributed by atoms with Crippen LogP contribution >= 0.6 is 15.9 Å². The van der Waals surface area contributed by atoms with Crippen LogP contribution in [0.4, 0.5) is 8.78 Å². The van der Waals surface area contributed by atoms with E-state index in [-0.39, 0.29) is 6.61 Å². The molecular weight excluding hydrogens is 332 g/mol. The van der Waals surface area contributed by atoms with Crippen LogP contribution < -0.4 is 4.74 Å². The largest absolute Gasteiger partial charge is 0.485 e. The molecule has 1 aliphatic heterocycles. The van der Waals surface area contributed by atoms with E-state index in [1.165, 1.54) is 6.42 Å². The molecule has 1 atom stereocenters. The third kappa shape index (κ3) is 4.40. The number of hydrogen-bond donors (Lipinski definition) is 1. The molecule has 0 aromatic heterocycles. The Balaban J connectivity index is 1.85. The monoisotopic (exact) mass is 349 g/mol. The van der Waals surface area contributed by atoms with Crippen molar-refractivity contribution in [2.45, 2.75) is 25.4 Å². The Kier molecular flexibility index (Phi) is 5.74. The third-order valence-corrected chi connectivity index (χ3v) is 3.76. The summed E-state index contributed by atoms with van der Waals surface area (Å²) in [6.07, 6.45) is 2.72. The van der Waals surface area contributed by atoms with Gasteiger partial charge in [-0.3, -0.25) is 0 Å². The Bertz CT molecular complexity index is 430. The van der Waals surface area contributed by atoms with E-state index in [1.54, 1.807) is 0 Å². The first-order chi connectivity index (χ1) is 9.56. The second-order valence-electron chi connectivity index (χ2n) is 5.02. The number of nitrogens with zero attached hydrogens (tertiary/aromatic N) is 1. The molecule has 1 aromatic carbocycles. The van der Waals surface area contributed by atoms with Crippen molar-refractivity contribution in [3.8, 4) is 5.75 Å². The van der Waals surface area contributed by atoms with Gasteiger partial charge < -0.3 is 14.7 Å². The van der Waals surface area contributed by atoms with Gasteiger partial charge in [-0.2, -0.15) is 0 Å². The van der Waals surface area contributed by atoms with Gasteiger partial charge in [0.1, 0.15) is 12.7 Å². The molecule has 1 aliphatic rings. The van der Waals surface area contributed by atoms with E-state index in [1.807, 2.05) is 0 Å². The number of halogens is 3. The lowest BCUT2D eigenvalue weighted by molar-refractivity contribution is 0.0590. The van der Waals surface area contributed by atoms with Crippen LogP contribution in [0.2, 0.25) is 0 Å². The van der Waals surface area contributed by atoms with Crippen LogP contribution in [-0.4, -0.2) is 42.4 Å². The van der Waals surface area contributed by atoms with Crippen LogP contribution in [0.1, 0.15) is 19.3 Å². The highest BCUT2D eigenvalue weighted by Gasteiger charge is 2.17. The fourth-order valence-corrected chi connectivity index (χ4v) is 2.74. The molecule has 0 saturated carbocycles. The van der Waals surface area contributed by atoms with Crippen molar-refractivity contribution in [1.29, 1.82) is 0 Å². The summed E-state index contributed by atoms with van der Waals surface area (Å²) in [7, 11) is 0. The predicted molar refractivity (Wildman–Crippen MR) is 75.9 cm³/mol. The van der Waals surface area contributed by atoms with E-state index in [2.05, 4.69) is 20.8 Å². The topological polar surface area (TPSA) is 32.7 Å². The van der Waals surface area contributed by atoms with Crippen molar-refractivity contribution in [2.75, 3.05) is 26.2 Å². The van der Waals surface area contributed by atoms with Crippen molar-refractivity contribution in [3.63, 3.8) is 0 Å². The van der Waals surface area contributed by atoms with Crippen LogP contribution in [0.25, 0.3) is 0 Å². The normalized spacial score (nSPS) is 18.0. The van der Waals surface area contributed by atoms with Crippen LogP contribution in [0, 0.1) is 11.6 Å².